The van der Waals surface area contributed by atoms with Gasteiger partial charge in [0, 0.05) is 12.4 Å². The van der Waals surface area contributed by atoms with Gasteiger partial charge in [0.15, 0.2) is 11.5 Å². The molecule has 5 nitrogen and oxygen atoms in total. The normalized spacial score (nSPS) is 22.6. The van der Waals surface area contributed by atoms with Crippen LogP contribution in [0.15, 0.2) is 35.4 Å². The Morgan fingerprint density at radius 2 is 2.17 bits per heavy atom. The highest BCUT2D eigenvalue weighted by molar-refractivity contribution is 6.24. The van der Waals surface area contributed by atoms with Crippen molar-refractivity contribution >= 4 is 11.5 Å². The van der Waals surface area contributed by atoms with E-state index in [4.69, 9.17) is 5.73 Å². The van der Waals surface area contributed by atoms with Crippen LogP contribution >= 0.6 is 0 Å². The number of hydrogen-bond acceptors (Lipinski definition) is 5. The molecule has 0 atom stereocenters. The molecule has 8 heteroatoms. The Bertz CT molecular complexity index is 619. The van der Waals surface area contributed by atoms with Crippen LogP contribution in [0.3, 0.4) is 0 Å². The van der Waals surface area contributed by atoms with E-state index >= 15 is 0 Å². The molecule has 0 bridgehead atoms. The number of carbonyl (C=O) groups is 1. The fourth-order valence-corrected chi connectivity index (χ4v) is 2.43. The van der Waals surface area contributed by atoms with Crippen molar-refractivity contribution in [1.82, 2.24) is 9.97 Å². The molecule has 0 amide bonds. The maximum atomic E-state index is 13.3. The van der Waals surface area contributed by atoms with Crippen molar-refractivity contribution < 1.29 is 18.0 Å². The van der Waals surface area contributed by atoms with E-state index < -0.39 is 29.3 Å². The molecule has 1 fully saturated rings. The highest BCUT2D eigenvalue weighted by atomic mass is 19.4. The number of aromatic nitrogens is 2. The van der Waals surface area contributed by atoms with Crippen molar-refractivity contribution in [2.75, 3.05) is 0 Å². The van der Waals surface area contributed by atoms with Crippen LogP contribution in [0.25, 0.3) is 0 Å². The van der Waals surface area contributed by atoms with Gasteiger partial charge in [0.25, 0.3) is 0 Å². The summed E-state index contributed by atoms with van der Waals surface area (Å²) in [4.78, 5) is 23.4. The number of nitrogens with zero attached hydrogens (tertiary/aromatic N) is 3. The van der Waals surface area contributed by atoms with E-state index in [0.29, 0.717) is 30.7 Å². The van der Waals surface area contributed by atoms with Gasteiger partial charge in [-0.15, -0.1) is 0 Å². The summed E-state index contributed by atoms with van der Waals surface area (Å²) in [5, 5.41) is 0. The lowest BCUT2D eigenvalue weighted by molar-refractivity contribution is -0.115. The SMILES string of the molecule is CC1CC(N=C(C(=CN)C(=O)Cc2ccncn2)C(F)(F)F)C1. The highest BCUT2D eigenvalue weighted by Crippen LogP contribution is 2.32. The van der Waals surface area contributed by atoms with Gasteiger partial charge in [0.1, 0.15) is 6.33 Å². The van der Waals surface area contributed by atoms with E-state index in [9.17, 15) is 18.0 Å². The van der Waals surface area contributed by atoms with Crippen LogP contribution in [0.1, 0.15) is 25.5 Å². The number of aliphatic imine (C=N–C) groups is 1. The molecule has 0 saturated heterocycles. The lowest BCUT2D eigenvalue weighted by Crippen LogP contribution is -2.34. The Morgan fingerprint density at radius 1 is 1.48 bits per heavy atom. The third kappa shape index (κ3) is 4.37. The van der Waals surface area contributed by atoms with Gasteiger partial charge < -0.3 is 5.73 Å². The first kappa shape index (κ1) is 17.1. The number of halogens is 3. The second-order valence-electron chi connectivity index (χ2n) is 5.59. The molecule has 0 unspecified atom stereocenters. The van der Waals surface area contributed by atoms with E-state index in [1.54, 1.807) is 0 Å². The van der Waals surface area contributed by atoms with Gasteiger partial charge in [0.2, 0.25) is 0 Å². The van der Waals surface area contributed by atoms with Gasteiger partial charge in [-0.25, -0.2) is 9.97 Å². The minimum atomic E-state index is -4.73. The zero-order chi connectivity index (χ0) is 17.0. The van der Waals surface area contributed by atoms with Crippen molar-refractivity contribution in [2.24, 2.45) is 16.6 Å². The molecular weight excluding hydrogens is 309 g/mol. The number of carbonyl (C=O) groups excluding carboxylic acids is 1. The van der Waals surface area contributed by atoms with Crippen molar-refractivity contribution in [1.29, 1.82) is 0 Å². The molecule has 23 heavy (non-hydrogen) atoms. The van der Waals surface area contributed by atoms with Crippen LogP contribution in [-0.4, -0.2) is 33.7 Å². The van der Waals surface area contributed by atoms with E-state index in [0.717, 1.165) is 0 Å². The quantitative estimate of drug-likeness (QED) is 0.664. The zero-order valence-electron chi connectivity index (χ0n) is 12.5. The van der Waals surface area contributed by atoms with Crippen molar-refractivity contribution in [3.63, 3.8) is 0 Å². The summed E-state index contributed by atoms with van der Waals surface area (Å²) < 4.78 is 39.8. The molecule has 0 radical (unpaired) electrons. The predicted octanol–water partition coefficient (Wildman–Crippen LogP) is 2.23. The standard InChI is InChI=1S/C15H17F3N4O/c1-9-4-11(5-9)22-14(15(16,17)18)12(7-19)13(23)6-10-2-3-20-8-21-10/h2-3,7-9,11H,4-6,19H2,1H3. The maximum absolute atomic E-state index is 13.3. The average Bonchev–Trinajstić information content (AvgIpc) is 2.45. The lowest BCUT2D eigenvalue weighted by atomic mass is 9.82. The van der Waals surface area contributed by atoms with Crippen molar-refractivity contribution in [3.8, 4) is 0 Å². The zero-order valence-corrected chi connectivity index (χ0v) is 12.5. The molecule has 1 aromatic rings. The molecule has 0 aliphatic heterocycles. The van der Waals surface area contributed by atoms with Gasteiger partial charge in [0.05, 0.1) is 23.7 Å². The molecule has 1 saturated carbocycles. The maximum Gasteiger partial charge on any atom is 0.433 e. The Hall–Kier alpha value is -2.25. The summed E-state index contributed by atoms with van der Waals surface area (Å²) >= 11 is 0. The van der Waals surface area contributed by atoms with E-state index in [-0.39, 0.29) is 6.42 Å². The second-order valence-corrected chi connectivity index (χ2v) is 5.59. The fraction of sp³-hybridized carbons (Fsp3) is 0.467. The van der Waals surface area contributed by atoms with Gasteiger partial charge in [-0.05, 0) is 24.8 Å². The summed E-state index contributed by atoms with van der Waals surface area (Å²) in [5.74, 6) is -0.421. The Morgan fingerprint density at radius 3 is 2.65 bits per heavy atom. The monoisotopic (exact) mass is 326 g/mol. The summed E-state index contributed by atoms with van der Waals surface area (Å²) in [6.45, 7) is 1.94. The first-order chi connectivity index (χ1) is 10.8. The number of ketones is 1. The molecular formula is C15H17F3N4O. The summed E-state index contributed by atoms with van der Waals surface area (Å²) in [5.41, 5.74) is 3.80. The smallest absolute Gasteiger partial charge is 0.404 e. The topological polar surface area (TPSA) is 81.2 Å². The molecule has 0 aromatic carbocycles. The average molecular weight is 326 g/mol. The first-order valence-corrected chi connectivity index (χ1v) is 7.16. The van der Waals surface area contributed by atoms with E-state index in [1.165, 1.54) is 18.6 Å². The number of alkyl halides is 3. The van der Waals surface area contributed by atoms with Gasteiger partial charge in [-0.2, -0.15) is 13.2 Å². The second kappa shape index (κ2) is 6.89. The Kier molecular flexibility index (Phi) is 5.12. The fourth-order valence-electron chi connectivity index (χ4n) is 2.43. The summed E-state index contributed by atoms with van der Waals surface area (Å²) in [7, 11) is 0. The molecule has 2 rings (SSSR count). The van der Waals surface area contributed by atoms with Crippen LogP contribution in [0.4, 0.5) is 13.2 Å². The molecule has 1 heterocycles. The Balaban J connectivity index is 2.23. The molecule has 2 N–H and O–H groups in total. The van der Waals surface area contributed by atoms with Crippen molar-refractivity contribution in [3.05, 3.63) is 36.1 Å². The van der Waals surface area contributed by atoms with Gasteiger partial charge >= 0.3 is 6.18 Å². The van der Waals surface area contributed by atoms with E-state index in [2.05, 4.69) is 15.0 Å². The first-order valence-electron chi connectivity index (χ1n) is 7.16. The third-order valence-electron chi connectivity index (χ3n) is 3.64. The largest absolute Gasteiger partial charge is 0.433 e. The van der Waals surface area contributed by atoms with Gasteiger partial charge in [-0.1, -0.05) is 6.92 Å². The van der Waals surface area contributed by atoms with Crippen LogP contribution in [-0.2, 0) is 11.2 Å². The van der Waals surface area contributed by atoms with Gasteiger partial charge in [-0.3, -0.25) is 9.79 Å². The molecule has 0 spiro atoms. The van der Waals surface area contributed by atoms with Crippen LogP contribution < -0.4 is 5.73 Å². The van der Waals surface area contributed by atoms with E-state index in [1.807, 2.05) is 6.92 Å². The lowest BCUT2D eigenvalue weighted by Gasteiger charge is -2.30. The summed E-state index contributed by atoms with van der Waals surface area (Å²) in [6.07, 6.45) is -0.543. The predicted molar refractivity (Wildman–Crippen MR) is 78.7 cm³/mol. The molecule has 124 valence electrons. The molecule has 1 aliphatic rings. The molecule has 1 aliphatic carbocycles. The van der Waals surface area contributed by atoms with Crippen LogP contribution in [0.2, 0.25) is 0 Å². The number of nitrogens with two attached hydrogens (primary N) is 1. The minimum absolute atomic E-state index is 0.290. The van der Waals surface area contributed by atoms with Crippen LogP contribution in [0.5, 0.6) is 0 Å². The summed E-state index contributed by atoms with van der Waals surface area (Å²) in [6, 6.07) is 1.05. The Labute approximate surface area is 131 Å². The van der Waals surface area contributed by atoms with Crippen molar-refractivity contribution in [2.45, 2.75) is 38.4 Å². The van der Waals surface area contributed by atoms with Crippen LogP contribution in [0, 0.1) is 5.92 Å². The number of allylic oxidation sites excluding steroid dienone is 1. The minimum Gasteiger partial charge on any atom is -0.404 e. The third-order valence-corrected chi connectivity index (χ3v) is 3.64. The number of Topliss-reactive ketones (excluding diaryl/α,β-unsaturated/α-hetero) is 1. The number of hydrogen-bond donors (Lipinski definition) is 1. The molecule has 1 aromatic heterocycles. The highest BCUT2D eigenvalue weighted by Gasteiger charge is 2.41. The number of rotatable bonds is 5.